The third-order valence-electron chi connectivity index (χ3n) is 3.54. The molecule has 1 aliphatic rings. The van der Waals surface area contributed by atoms with E-state index in [0.717, 1.165) is 25.3 Å². The summed E-state index contributed by atoms with van der Waals surface area (Å²) >= 11 is 0. The second kappa shape index (κ2) is 6.74. The van der Waals surface area contributed by atoms with Crippen molar-refractivity contribution >= 4 is 0 Å². The van der Waals surface area contributed by atoms with Crippen molar-refractivity contribution in [2.24, 2.45) is 0 Å². The maximum atomic E-state index is 4.33. The summed E-state index contributed by atoms with van der Waals surface area (Å²) in [5, 5.41) is 7.89. The highest BCUT2D eigenvalue weighted by Crippen LogP contribution is 2.17. The minimum absolute atomic E-state index is 0.685. The van der Waals surface area contributed by atoms with Crippen LogP contribution in [-0.4, -0.2) is 20.8 Å². The molecule has 0 radical (unpaired) electrons. The highest BCUT2D eigenvalue weighted by atomic mass is 15.3. The van der Waals surface area contributed by atoms with Crippen LogP contribution in [0.1, 0.15) is 57.7 Å². The normalized spacial score (nSPS) is 18.2. The van der Waals surface area contributed by atoms with Gasteiger partial charge in [-0.2, -0.15) is 5.10 Å². The van der Waals surface area contributed by atoms with Gasteiger partial charge in [0, 0.05) is 12.6 Å². The first-order chi connectivity index (χ1) is 8.40. The molecule has 1 aliphatic carbocycles. The molecule has 1 heterocycles. The first-order valence-electron chi connectivity index (χ1n) is 7.00. The molecule has 0 aromatic carbocycles. The van der Waals surface area contributed by atoms with Crippen molar-refractivity contribution in [1.82, 2.24) is 20.1 Å². The molecule has 1 N–H and O–H groups in total. The molecule has 4 nitrogen and oxygen atoms in total. The maximum absolute atomic E-state index is 4.33. The lowest BCUT2D eigenvalue weighted by atomic mass is 10.1. The van der Waals surface area contributed by atoms with Crippen molar-refractivity contribution in [1.29, 1.82) is 0 Å². The van der Waals surface area contributed by atoms with Crippen molar-refractivity contribution in [3.05, 3.63) is 12.2 Å². The van der Waals surface area contributed by atoms with E-state index in [1.807, 2.05) is 4.68 Å². The summed E-state index contributed by atoms with van der Waals surface area (Å²) in [5.74, 6) is 1.08. The number of nitrogens with one attached hydrogen (secondary N) is 1. The van der Waals surface area contributed by atoms with Gasteiger partial charge >= 0.3 is 0 Å². The number of hydrogen-bond donors (Lipinski definition) is 1. The van der Waals surface area contributed by atoms with Crippen molar-refractivity contribution < 1.29 is 0 Å². The van der Waals surface area contributed by atoms with Crippen LogP contribution >= 0.6 is 0 Å². The Bertz CT molecular complexity index is 313. The highest BCUT2D eigenvalue weighted by molar-refractivity contribution is 4.85. The number of aryl methyl sites for hydroxylation is 1. The predicted molar refractivity (Wildman–Crippen MR) is 68.6 cm³/mol. The zero-order valence-electron chi connectivity index (χ0n) is 10.9. The fraction of sp³-hybridized carbons (Fsp3) is 0.846. The fourth-order valence-corrected chi connectivity index (χ4v) is 2.54. The zero-order valence-corrected chi connectivity index (χ0v) is 10.9. The first-order valence-corrected chi connectivity index (χ1v) is 7.00. The molecule has 0 aliphatic heterocycles. The van der Waals surface area contributed by atoms with Crippen LogP contribution in [-0.2, 0) is 13.1 Å². The van der Waals surface area contributed by atoms with E-state index in [1.165, 1.54) is 38.5 Å². The summed E-state index contributed by atoms with van der Waals surface area (Å²) in [5.41, 5.74) is 0. The summed E-state index contributed by atoms with van der Waals surface area (Å²) in [6, 6.07) is 0.685. The molecule has 1 aromatic rings. The molecule has 1 fully saturated rings. The van der Waals surface area contributed by atoms with E-state index in [2.05, 4.69) is 22.3 Å². The topological polar surface area (TPSA) is 42.7 Å². The Hall–Kier alpha value is -0.900. The summed E-state index contributed by atoms with van der Waals surface area (Å²) in [7, 11) is 0. The van der Waals surface area contributed by atoms with Crippen molar-refractivity contribution in [3.8, 4) is 0 Å². The monoisotopic (exact) mass is 236 g/mol. The van der Waals surface area contributed by atoms with Crippen LogP contribution in [0.5, 0.6) is 0 Å². The van der Waals surface area contributed by atoms with Crippen molar-refractivity contribution in [2.75, 3.05) is 0 Å². The van der Waals surface area contributed by atoms with Crippen LogP contribution in [0, 0.1) is 0 Å². The molecule has 17 heavy (non-hydrogen) atoms. The molecule has 0 saturated heterocycles. The molecule has 2 rings (SSSR count). The quantitative estimate of drug-likeness (QED) is 0.799. The van der Waals surface area contributed by atoms with Crippen LogP contribution in [0.15, 0.2) is 6.33 Å². The Kier molecular flexibility index (Phi) is 4.98. The largest absolute Gasteiger partial charge is 0.307 e. The van der Waals surface area contributed by atoms with Gasteiger partial charge in [0.25, 0.3) is 0 Å². The number of rotatable bonds is 5. The van der Waals surface area contributed by atoms with Crippen LogP contribution in [0.2, 0.25) is 0 Å². The third kappa shape index (κ3) is 3.80. The Labute approximate surface area is 104 Å². The lowest BCUT2D eigenvalue weighted by Gasteiger charge is -2.15. The Morgan fingerprint density at radius 3 is 2.76 bits per heavy atom. The van der Waals surface area contributed by atoms with Crippen LogP contribution in [0.3, 0.4) is 0 Å². The molecule has 0 bridgehead atoms. The van der Waals surface area contributed by atoms with E-state index in [4.69, 9.17) is 0 Å². The van der Waals surface area contributed by atoms with Gasteiger partial charge in [-0.15, -0.1) is 0 Å². The highest BCUT2D eigenvalue weighted by Gasteiger charge is 2.12. The average molecular weight is 236 g/mol. The number of nitrogens with zero attached hydrogens (tertiary/aromatic N) is 3. The standard InChI is InChI=1S/C13H24N4/c1-2-9-17-13(15-11-16-17)10-14-12-7-5-3-4-6-8-12/h11-12,14H,2-10H2,1H3. The average Bonchev–Trinajstić information content (AvgIpc) is 2.63. The Morgan fingerprint density at radius 1 is 1.29 bits per heavy atom. The van der Waals surface area contributed by atoms with E-state index >= 15 is 0 Å². The molecule has 0 unspecified atom stereocenters. The summed E-state index contributed by atoms with van der Waals surface area (Å²) in [4.78, 5) is 4.33. The van der Waals surface area contributed by atoms with Gasteiger partial charge in [0.15, 0.2) is 0 Å². The first kappa shape index (κ1) is 12.6. The SMILES string of the molecule is CCCn1ncnc1CNC1CCCCCC1. The number of hydrogen-bond acceptors (Lipinski definition) is 3. The smallest absolute Gasteiger partial charge is 0.140 e. The van der Waals surface area contributed by atoms with E-state index in [0.29, 0.717) is 6.04 Å². The summed E-state index contributed by atoms with van der Waals surface area (Å²) in [6.07, 6.45) is 11.0. The molecule has 96 valence electrons. The fourth-order valence-electron chi connectivity index (χ4n) is 2.54. The molecule has 4 heteroatoms. The zero-order chi connectivity index (χ0) is 11.9. The van der Waals surface area contributed by atoms with Gasteiger partial charge < -0.3 is 5.32 Å². The number of aromatic nitrogens is 3. The Balaban J connectivity index is 1.81. The second-order valence-corrected chi connectivity index (χ2v) is 4.97. The van der Waals surface area contributed by atoms with Gasteiger partial charge in [-0.3, -0.25) is 0 Å². The van der Waals surface area contributed by atoms with Crippen LogP contribution < -0.4 is 5.32 Å². The molecule has 1 saturated carbocycles. The summed E-state index contributed by atoms with van der Waals surface area (Å²) < 4.78 is 2.02. The van der Waals surface area contributed by atoms with Crippen LogP contribution in [0.25, 0.3) is 0 Å². The second-order valence-electron chi connectivity index (χ2n) is 4.97. The molecule has 0 spiro atoms. The van der Waals surface area contributed by atoms with Gasteiger partial charge in [-0.1, -0.05) is 32.6 Å². The molecule has 0 atom stereocenters. The van der Waals surface area contributed by atoms with Gasteiger partial charge in [-0.25, -0.2) is 9.67 Å². The van der Waals surface area contributed by atoms with Crippen molar-refractivity contribution in [2.45, 2.75) is 71.0 Å². The van der Waals surface area contributed by atoms with E-state index in [1.54, 1.807) is 6.33 Å². The lowest BCUT2D eigenvalue weighted by Crippen LogP contribution is -2.29. The minimum atomic E-state index is 0.685. The van der Waals surface area contributed by atoms with Gasteiger partial charge in [-0.05, 0) is 19.3 Å². The van der Waals surface area contributed by atoms with Gasteiger partial charge in [0.2, 0.25) is 0 Å². The lowest BCUT2D eigenvalue weighted by molar-refractivity contribution is 0.439. The molecular formula is C13H24N4. The molecular weight excluding hydrogens is 212 g/mol. The maximum Gasteiger partial charge on any atom is 0.140 e. The van der Waals surface area contributed by atoms with E-state index in [-0.39, 0.29) is 0 Å². The van der Waals surface area contributed by atoms with Gasteiger partial charge in [0.05, 0.1) is 6.54 Å². The van der Waals surface area contributed by atoms with E-state index in [9.17, 15) is 0 Å². The minimum Gasteiger partial charge on any atom is -0.307 e. The van der Waals surface area contributed by atoms with E-state index < -0.39 is 0 Å². The Morgan fingerprint density at radius 2 is 2.06 bits per heavy atom. The van der Waals surface area contributed by atoms with Crippen molar-refractivity contribution in [3.63, 3.8) is 0 Å². The predicted octanol–water partition coefficient (Wildman–Crippen LogP) is 2.50. The third-order valence-corrected chi connectivity index (χ3v) is 3.54. The molecule has 0 amide bonds. The van der Waals surface area contributed by atoms with Gasteiger partial charge in [0.1, 0.15) is 12.2 Å². The summed E-state index contributed by atoms with van der Waals surface area (Å²) in [6.45, 7) is 4.01. The van der Waals surface area contributed by atoms with Crippen LogP contribution in [0.4, 0.5) is 0 Å². The molecule has 1 aromatic heterocycles.